The molecule has 0 aliphatic carbocycles. The van der Waals surface area contributed by atoms with Crippen LogP contribution in [-0.2, 0) is 4.79 Å². The van der Waals surface area contributed by atoms with E-state index in [0.29, 0.717) is 12.1 Å². The standard InChI is InChI=1S/C12H12F2N2O4/c1-6(2)9(17)5-15-12(18)10-7(13)3-4-8(11(10)14)16(19)20/h3-4,6H,5H2,1-2H3,(H,15,18). The molecule has 0 saturated carbocycles. The van der Waals surface area contributed by atoms with Gasteiger partial charge in [0.05, 0.1) is 11.5 Å². The number of nitro benzene ring substituents is 1. The number of ketones is 1. The van der Waals surface area contributed by atoms with Crippen molar-refractivity contribution >= 4 is 17.4 Å². The zero-order valence-electron chi connectivity index (χ0n) is 10.8. The second-order valence-electron chi connectivity index (χ2n) is 4.32. The molecule has 1 amide bonds. The number of amides is 1. The number of carbonyl (C=O) groups is 2. The van der Waals surface area contributed by atoms with E-state index in [-0.39, 0.29) is 11.7 Å². The fourth-order valence-corrected chi connectivity index (χ4v) is 1.35. The molecule has 1 rings (SSSR count). The molecule has 1 aromatic rings. The van der Waals surface area contributed by atoms with E-state index in [4.69, 9.17) is 0 Å². The lowest BCUT2D eigenvalue weighted by atomic mass is 10.1. The quantitative estimate of drug-likeness (QED) is 0.660. The first-order valence-electron chi connectivity index (χ1n) is 5.69. The van der Waals surface area contributed by atoms with Crippen molar-refractivity contribution in [2.75, 3.05) is 6.54 Å². The van der Waals surface area contributed by atoms with Crippen LogP contribution in [0.3, 0.4) is 0 Å². The number of nitro groups is 1. The van der Waals surface area contributed by atoms with Crippen LogP contribution in [0.4, 0.5) is 14.5 Å². The van der Waals surface area contributed by atoms with Crippen LogP contribution in [0.25, 0.3) is 0 Å². The molecule has 0 aliphatic heterocycles. The van der Waals surface area contributed by atoms with Crippen molar-refractivity contribution in [3.63, 3.8) is 0 Å². The van der Waals surface area contributed by atoms with Crippen molar-refractivity contribution in [1.29, 1.82) is 0 Å². The van der Waals surface area contributed by atoms with Crippen molar-refractivity contribution in [3.05, 3.63) is 39.4 Å². The Kier molecular flexibility index (Phi) is 4.84. The highest BCUT2D eigenvalue weighted by molar-refractivity contribution is 5.98. The van der Waals surface area contributed by atoms with Gasteiger partial charge in [0.1, 0.15) is 11.4 Å². The van der Waals surface area contributed by atoms with E-state index >= 15 is 0 Å². The molecule has 0 atom stereocenters. The van der Waals surface area contributed by atoms with E-state index < -0.39 is 40.3 Å². The molecule has 0 aromatic heterocycles. The minimum Gasteiger partial charge on any atom is -0.345 e. The fraction of sp³-hybridized carbons (Fsp3) is 0.333. The third-order valence-corrected chi connectivity index (χ3v) is 2.56. The minimum absolute atomic E-state index is 0.329. The Morgan fingerprint density at radius 2 is 1.95 bits per heavy atom. The number of hydrogen-bond acceptors (Lipinski definition) is 4. The highest BCUT2D eigenvalue weighted by Crippen LogP contribution is 2.22. The third-order valence-electron chi connectivity index (χ3n) is 2.56. The molecule has 0 fully saturated rings. The Balaban J connectivity index is 3.01. The van der Waals surface area contributed by atoms with Gasteiger partial charge >= 0.3 is 5.69 Å². The van der Waals surface area contributed by atoms with E-state index in [0.717, 1.165) is 0 Å². The van der Waals surface area contributed by atoms with Crippen molar-refractivity contribution < 1.29 is 23.3 Å². The topological polar surface area (TPSA) is 89.3 Å². The van der Waals surface area contributed by atoms with Gasteiger partial charge in [-0.15, -0.1) is 0 Å². The second kappa shape index (κ2) is 6.18. The molecule has 0 bridgehead atoms. The molecule has 0 unspecified atom stereocenters. The number of hydrogen-bond donors (Lipinski definition) is 1. The van der Waals surface area contributed by atoms with Crippen LogP contribution in [0.15, 0.2) is 12.1 Å². The number of benzene rings is 1. The summed E-state index contributed by atoms with van der Waals surface area (Å²) < 4.78 is 27.1. The monoisotopic (exact) mass is 286 g/mol. The summed E-state index contributed by atoms with van der Waals surface area (Å²) in [6.07, 6.45) is 0. The van der Waals surface area contributed by atoms with E-state index in [1.165, 1.54) is 0 Å². The molecule has 0 aliphatic rings. The molecule has 6 nitrogen and oxygen atoms in total. The Hall–Kier alpha value is -2.38. The molecule has 20 heavy (non-hydrogen) atoms. The van der Waals surface area contributed by atoms with Crippen LogP contribution in [0.5, 0.6) is 0 Å². The molecule has 0 saturated heterocycles. The van der Waals surface area contributed by atoms with Gasteiger partial charge in [-0.1, -0.05) is 13.8 Å². The number of Topliss-reactive ketones (excluding diaryl/α,β-unsaturated/α-hetero) is 1. The molecule has 108 valence electrons. The lowest BCUT2D eigenvalue weighted by Crippen LogP contribution is -2.32. The van der Waals surface area contributed by atoms with Crippen LogP contribution in [0.2, 0.25) is 0 Å². The van der Waals surface area contributed by atoms with Gasteiger partial charge in [0.15, 0.2) is 5.78 Å². The number of carbonyl (C=O) groups excluding carboxylic acids is 2. The van der Waals surface area contributed by atoms with E-state index in [1.54, 1.807) is 13.8 Å². The molecular formula is C12H12F2N2O4. The SMILES string of the molecule is CC(C)C(=O)CNC(=O)c1c(F)ccc([N+](=O)[O-])c1F. The minimum atomic E-state index is -1.57. The predicted molar refractivity (Wildman–Crippen MR) is 65.2 cm³/mol. The Morgan fingerprint density at radius 3 is 2.45 bits per heavy atom. The zero-order valence-corrected chi connectivity index (χ0v) is 10.8. The summed E-state index contributed by atoms with van der Waals surface area (Å²) in [4.78, 5) is 32.4. The van der Waals surface area contributed by atoms with Gasteiger partial charge in [-0.2, -0.15) is 4.39 Å². The average Bonchev–Trinajstić information content (AvgIpc) is 2.35. The summed E-state index contributed by atoms with van der Waals surface area (Å²) in [6.45, 7) is 2.80. The van der Waals surface area contributed by atoms with Crippen LogP contribution >= 0.6 is 0 Å². The summed E-state index contributed by atoms with van der Waals surface area (Å²) in [5.41, 5.74) is -2.08. The molecular weight excluding hydrogens is 274 g/mol. The Labute approximate surface area is 112 Å². The van der Waals surface area contributed by atoms with Gasteiger partial charge in [-0.25, -0.2) is 4.39 Å². The smallest absolute Gasteiger partial charge is 0.305 e. The summed E-state index contributed by atoms with van der Waals surface area (Å²) >= 11 is 0. The third kappa shape index (κ3) is 3.34. The largest absolute Gasteiger partial charge is 0.345 e. The molecule has 8 heteroatoms. The van der Waals surface area contributed by atoms with Gasteiger partial charge in [0, 0.05) is 12.0 Å². The van der Waals surface area contributed by atoms with Crippen LogP contribution in [-0.4, -0.2) is 23.2 Å². The summed E-state index contributed by atoms with van der Waals surface area (Å²) in [5, 5.41) is 12.6. The first-order chi connectivity index (χ1) is 9.25. The predicted octanol–water partition coefficient (Wildman–Crippen LogP) is 1.83. The maximum absolute atomic E-state index is 13.7. The zero-order chi connectivity index (χ0) is 15.4. The van der Waals surface area contributed by atoms with E-state index in [1.807, 2.05) is 5.32 Å². The molecule has 0 spiro atoms. The van der Waals surface area contributed by atoms with Crippen molar-refractivity contribution in [2.24, 2.45) is 5.92 Å². The molecule has 1 aromatic carbocycles. The van der Waals surface area contributed by atoms with Crippen molar-refractivity contribution in [3.8, 4) is 0 Å². The average molecular weight is 286 g/mol. The summed E-state index contributed by atoms with van der Waals surface area (Å²) in [6, 6.07) is 1.25. The van der Waals surface area contributed by atoms with Gasteiger partial charge in [-0.05, 0) is 6.07 Å². The van der Waals surface area contributed by atoms with E-state index in [9.17, 15) is 28.5 Å². The van der Waals surface area contributed by atoms with Gasteiger partial charge in [0.2, 0.25) is 5.82 Å². The normalized spacial score (nSPS) is 10.4. The molecule has 0 heterocycles. The maximum atomic E-state index is 13.7. The fourth-order valence-electron chi connectivity index (χ4n) is 1.35. The number of nitrogens with one attached hydrogen (secondary N) is 1. The van der Waals surface area contributed by atoms with Crippen LogP contribution < -0.4 is 5.32 Å². The van der Waals surface area contributed by atoms with Gasteiger partial charge in [-0.3, -0.25) is 19.7 Å². The van der Waals surface area contributed by atoms with Gasteiger partial charge in [0.25, 0.3) is 5.91 Å². The maximum Gasteiger partial charge on any atom is 0.305 e. The second-order valence-corrected chi connectivity index (χ2v) is 4.32. The number of rotatable bonds is 5. The Morgan fingerprint density at radius 1 is 1.35 bits per heavy atom. The number of nitrogens with zero attached hydrogens (tertiary/aromatic N) is 1. The van der Waals surface area contributed by atoms with Gasteiger partial charge < -0.3 is 5.32 Å². The highest BCUT2D eigenvalue weighted by atomic mass is 19.1. The summed E-state index contributed by atoms with van der Waals surface area (Å²) in [7, 11) is 0. The lowest BCUT2D eigenvalue weighted by molar-refractivity contribution is -0.387. The van der Waals surface area contributed by atoms with Crippen molar-refractivity contribution in [1.82, 2.24) is 5.32 Å². The first-order valence-corrected chi connectivity index (χ1v) is 5.69. The van der Waals surface area contributed by atoms with Crippen LogP contribution in [0, 0.1) is 27.7 Å². The van der Waals surface area contributed by atoms with Crippen LogP contribution in [0.1, 0.15) is 24.2 Å². The van der Waals surface area contributed by atoms with Crippen molar-refractivity contribution in [2.45, 2.75) is 13.8 Å². The Bertz CT molecular complexity index is 573. The summed E-state index contributed by atoms with van der Waals surface area (Å²) in [5.74, 6) is -4.69. The lowest BCUT2D eigenvalue weighted by Gasteiger charge is -2.08. The molecule has 1 N–H and O–H groups in total. The molecule has 0 radical (unpaired) electrons. The highest BCUT2D eigenvalue weighted by Gasteiger charge is 2.26. The van der Waals surface area contributed by atoms with E-state index in [2.05, 4.69) is 0 Å². The first kappa shape index (κ1) is 15.7. The number of halogens is 2.